The predicted molar refractivity (Wildman–Crippen MR) is 174 cm³/mol. The molecule has 1 atom stereocenters. The first kappa shape index (κ1) is 36.9. The Bertz CT molecular complexity index is 433. The van der Waals surface area contributed by atoms with Crippen LogP contribution < -0.4 is 0 Å². The zero-order valence-corrected chi connectivity index (χ0v) is 27.1. The van der Waals surface area contributed by atoms with Crippen LogP contribution >= 0.6 is 0 Å². The van der Waals surface area contributed by atoms with Gasteiger partial charge in [0.15, 0.2) is 0 Å². The van der Waals surface area contributed by atoms with Crippen molar-refractivity contribution in [1.82, 2.24) is 0 Å². The zero-order chi connectivity index (χ0) is 27.7. The van der Waals surface area contributed by atoms with Crippen molar-refractivity contribution in [2.24, 2.45) is 0 Å². The fraction of sp³-hybridized carbons (Fsp3) is 1.00. The highest BCUT2D eigenvalue weighted by molar-refractivity contribution is 4.68. The lowest BCUT2D eigenvalue weighted by molar-refractivity contribution is 0.125. The molecule has 0 spiro atoms. The fourth-order valence-electron chi connectivity index (χ4n) is 5.96. The van der Waals surface area contributed by atoms with Gasteiger partial charge in [0, 0.05) is 13.2 Å². The van der Waals surface area contributed by atoms with Gasteiger partial charge in [-0.2, -0.15) is 0 Å². The van der Waals surface area contributed by atoms with E-state index in [1.165, 1.54) is 205 Å². The molecule has 0 aromatic rings. The van der Waals surface area contributed by atoms with Gasteiger partial charge in [0.2, 0.25) is 0 Å². The molecular formula is C37H74O2. The third-order valence-electron chi connectivity index (χ3n) is 8.86. The van der Waals surface area contributed by atoms with Crippen LogP contribution in [0.15, 0.2) is 0 Å². The van der Waals surface area contributed by atoms with E-state index in [4.69, 9.17) is 9.47 Å². The van der Waals surface area contributed by atoms with Crippen LogP contribution in [0.4, 0.5) is 0 Å². The van der Waals surface area contributed by atoms with Crippen LogP contribution in [0.1, 0.15) is 212 Å². The van der Waals surface area contributed by atoms with Crippen molar-refractivity contribution in [3.8, 4) is 0 Å². The SMILES string of the molecule is CCCCCCCCCCCCCCCOCCCCCCCCCCCCCCCCCCCCC1CO1. The molecule has 0 saturated carbocycles. The van der Waals surface area contributed by atoms with E-state index in [9.17, 15) is 0 Å². The van der Waals surface area contributed by atoms with E-state index in [-0.39, 0.29) is 0 Å². The summed E-state index contributed by atoms with van der Waals surface area (Å²) in [4.78, 5) is 0. The summed E-state index contributed by atoms with van der Waals surface area (Å²) in [5.74, 6) is 0. The smallest absolute Gasteiger partial charge is 0.0810 e. The number of hydrogen-bond donors (Lipinski definition) is 0. The Morgan fingerprint density at radius 1 is 0.385 bits per heavy atom. The Morgan fingerprint density at radius 2 is 0.641 bits per heavy atom. The Balaban J connectivity index is 1.58. The predicted octanol–water partition coefficient (Wildman–Crippen LogP) is 12.9. The van der Waals surface area contributed by atoms with E-state index in [0.717, 1.165) is 19.8 Å². The minimum atomic E-state index is 0.642. The van der Waals surface area contributed by atoms with E-state index < -0.39 is 0 Å². The lowest BCUT2D eigenvalue weighted by atomic mass is 10.0. The van der Waals surface area contributed by atoms with Gasteiger partial charge in [-0.3, -0.25) is 0 Å². The first-order valence-corrected chi connectivity index (χ1v) is 18.6. The van der Waals surface area contributed by atoms with Crippen molar-refractivity contribution < 1.29 is 9.47 Å². The second kappa shape index (κ2) is 32.4. The molecule has 1 aliphatic heterocycles. The first-order chi connectivity index (χ1) is 19.4. The van der Waals surface area contributed by atoms with E-state index in [0.29, 0.717) is 6.10 Å². The highest BCUT2D eigenvalue weighted by atomic mass is 16.6. The average Bonchev–Trinajstić information content (AvgIpc) is 3.78. The molecule has 39 heavy (non-hydrogen) atoms. The third kappa shape index (κ3) is 32.3. The topological polar surface area (TPSA) is 21.8 Å². The van der Waals surface area contributed by atoms with E-state index in [1.807, 2.05) is 0 Å². The molecule has 0 aromatic carbocycles. The maximum atomic E-state index is 5.87. The van der Waals surface area contributed by atoms with Gasteiger partial charge in [0.1, 0.15) is 0 Å². The standard InChI is InChI=1S/C37H74O2/c1-2-3-4-5-6-7-8-16-19-22-25-28-31-34-38-35-32-29-26-23-20-17-14-12-10-9-11-13-15-18-21-24-27-30-33-37-36-39-37/h37H,2-36H2,1H3. The summed E-state index contributed by atoms with van der Waals surface area (Å²) in [5, 5.41) is 0. The summed E-state index contributed by atoms with van der Waals surface area (Å²) >= 11 is 0. The van der Waals surface area contributed by atoms with E-state index in [1.54, 1.807) is 0 Å². The zero-order valence-electron chi connectivity index (χ0n) is 27.1. The highest BCUT2D eigenvalue weighted by Gasteiger charge is 2.20. The quantitative estimate of drug-likeness (QED) is 0.0578. The Hall–Kier alpha value is -0.0800. The summed E-state index contributed by atoms with van der Waals surface area (Å²) in [6, 6.07) is 0. The molecular weight excluding hydrogens is 476 g/mol. The second-order valence-electron chi connectivity index (χ2n) is 13.0. The molecule has 1 aliphatic rings. The summed E-state index contributed by atoms with van der Waals surface area (Å²) in [5.41, 5.74) is 0. The molecule has 1 heterocycles. The van der Waals surface area contributed by atoms with Gasteiger partial charge in [-0.25, -0.2) is 0 Å². The molecule has 0 aromatic heterocycles. The molecule has 0 N–H and O–H groups in total. The number of hydrogen-bond acceptors (Lipinski definition) is 2. The molecule has 0 aliphatic carbocycles. The maximum Gasteiger partial charge on any atom is 0.0810 e. The maximum absolute atomic E-state index is 5.87. The van der Waals surface area contributed by atoms with Crippen LogP contribution in [-0.4, -0.2) is 25.9 Å². The molecule has 0 radical (unpaired) electrons. The van der Waals surface area contributed by atoms with Crippen LogP contribution in [0.5, 0.6) is 0 Å². The van der Waals surface area contributed by atoms with E-state index >= 15 is 0 Å². The average molecular weight is 551 g/mol. The third-order valence-corrected chi connectivity index (χ3v) is 8.86. The summed E-state index contributed by atoms with van der Waals surface area (Å²) < 4.78 is 11.1. The largest absolute Gasteiger partial charge is 0.381 e. The molecule has 1 saturated heterocycles. The lowest BCUT2D eigenvalue weighted by Gasteiger charge is -2.05. The molecule has 2 heteroatoms. The molecule has 234 valence electrons. The van der Waals surface area contributed by atoms with Gasteiger partial charge >= 0.3 is 0 Å². The Kier molecular flexibility index (Phi) is 30.7. The van der Waals surface area contributed by atoms with Crippen molar-refractivity contribution in [2.45, 2.75) is 218 Å². The molecule has 2 nitrogen and oxygen atoms in total. The lowest BCUT2D eigenvalue weighted by Crippen LogP contribution is -1.97. The van der Waals surface area contributed by atoms with E-state index in [2.05, 4.69) is 6.92 Å². The fourth-order valence-corrected chi connectivity index (χ4v) is 5.96. The minimum absolute atomic E-state index is 0.642. The normalized spacial score (nSPS) is 14.8. The van der Waals surface area contributed by atoms with Crippen molar-refractivity contribution in [3.05, 3.63) is 0 Å². The molecule has 0 amide bonds. The van der Waals surface area contributed by atoms with Gasteiger partial charge in [-0.1, -0.05) is 193 Å². The molecule has 1 rings (SSSR count). The van der Waals surface area contributed by atoms with Crippen LogP contribution in [0.25, 0.3) is 0 Å². The number of unbranched alkanes of at least 4 members (excludes halogenated alkanes) is 29. The van der Waals surface area contributed by atoms with Gasteiger partial charge < -0.3 is 9.47 Å². The highest BCUT2D eigenvalue weighted by Crippen LogP contribution is 2.19. The first-order valence-electron chi connectivity index (χ1n) is 18.6. The van der Waals surface area contributed by atoms with Crippen LogP contribution in [0, 0.1) is 0 Å². The second-order valence-corrected chi connectivity index (χ2v) is 13.0. The van der Waals surface area contributed by atoms with Crippen LogP contribution in [-0.2, 0) is 9.47 Å². The summed E-state index contributed by atoms with van der Waals surface area (Å²) in [7, 11) is 0. The van der Waals surface area contributed by atoms with Crippen molar-refractivity contribution in [1.29, 1.82) is 0 Å². The van der Waals surface area contributed by atoms with Gasteiger partial charge in [0.25, 0.3) is 0 Å². The number of ether oxygens (including phenoxy) is 2. The van der Waals surface area contributed by atoms with Crippen molar-refractivity contribution >= 4 is 0 Å². The summed E-state index contributed by atoms with van der Waals surface area (Å²) in [6.07, 6.45) is 46.4. The molecule has 1 fully saturated rings. The monoisotopic (exact) mass is 551 g/mol. The number of rotatable bonds is 35. The van der Waals surface area contributed by atoms with Crippen molar-refractivity contribution in [2.75, 3.05) is 19.8 Å². The summed E-state index contributed by atoms with van der Waals surface area (Å²) in [6.45, 7) is 5.33. The Labute approximate surface area is 247 Å². The van der Waals surface area contributed by atoms with Gasteiger partial charge in [0.05, 0.1) is 12.7 Å². The Morgan fingerprint density at radius 3 is 0.923 bits per heavy atom. The molecule has 1 unspecified atom stereocenters. The van der Waals surface area contributed by atoms with Crippen LogP contribution in [0.2, 0.25) is 0 Å². The van der Waals surface area contributed by atoms with Gasteiger partial charge in [-0.15, -0.1) is 0 Å². The van der Waals surface area contributed by atoms with Crippen molar-refractivity contribution in [3.63, 3.8) is 0 Å². The number of epoxide rings is 1. The minimum Gasteiger partial charge on any atom is -0.381 e. The van der Waals surface area contributed by atoms with Crippen LogP contribution in [0.3, 0.4) is 0 Å². The molecule has 0 bridgehead atoms. The van der Waals surface area contributed by atoms with Gasteiger partial charge in [-0.05, 0) is 19.3 Å².